The van der Waals surface area contributed by atoms with Crippen molar-refractivity contribution >= 4 is 0 Å². The summed E-state index contributed by atoms with van der Waals surface area (Å²) < 4.78 is 13.3. The molecule has 1 aliphatic rings. The molecule has 0 saturated heterocycles. The van der Waals surface area contributed by atoms with Gasteiger partial charge in [0.2, 0.25) is 0 Å². The molecule has 1 aliphatic carbocycles. The molecule has 1 unspecified atom stereocenters. The van der Waals surface area contributed by atoms with E-state index in [9.17, 15) is 4.39 Å². The van der Waals surface area contributed by atoms with Crippen LogP contribution >= 0.6 is 0 Å². The quantitative estimate of drug-likeness (QED) is 0.610. The van der Waals surface area contributed by atoms with Crippen molar-refractivity contribution in [1.29, 1.82) is 0 Å². The monoisotopic (exact) mass is 173 g/mol. The molecular formula is C12H10F. The minimum atomic E-state index is -0.189. The summed E-state index contributed by atoms with van der Waals surface area (Å²) in [7, 11) is 0. The van der Waals surface area contributed by atoms with Crippen LogP contribution < -0.4 is 0 Å². The minimum absolute atomic E-state index is 0.0892. The third-order valence-corrected chi connectivity index (χ3v) is 2.13. The predicted molar refractivity (Wildman–Crippen MR) is 51.8 cm³/mol. The van der Waals surface area contributed by atoms with Gasteiger partial charge in [-0.15, -0.1) is 0 Å². The molecular weight excluding hydrogens is 163 g/mol. The van der Waals surface area contributed by atoms with Gasteiger partial charge in [0, 0.05) is 5.92 Å². The summed E-state index contributed by atoms with van der Waals surface area (Å²) in [4.78, 5) is 0. The van der Waals surface area contributed by atoms with Crippen molar-refractivity contribution in [2.45, 2.75) is 5.92 Å². The molecule has 13 heavy (non-hydrogen) atoms. The van der Waals surface area contributed by atoms with E-state index >= 15 is 0 Å². The normalized spacial score (nSPS) is 22.1. The lowest BCUT2D eigenvalue weighted by molar-refractivity contribution is 0.496. The van der Waals surface area contributed by atoms with E-state index in [0.29, 0.717) is 0 Å². The summed E-state index contributed by atoms with van der Waals surface area (Å²) >= 11 is 0. The van der Waals surface area contributed by atoms with Gasteiger partial charge in [0.25, 0.3) is 0 Å². The van der Waals surface area contributed by atoms with Crippen LogP contribution in [0.1, 0.15) is 11.5 Å². The van der Waals surface area contributed by atoms with E-state index in [2.05, 4.69) is 0 Å². The molecule has 1 aromatic rings. The standard InChI is InChI=1S/C12H10F/c13-12-9-5-4-8-11(12)10-6-2-1-3-7-10/h1-9,11H. The second-order valence-corrected chi connectivity index (χ2v) is 3.02. The van der Waals surface area contributed by atoms with Gasteiger partial charge in [0.05, 0.1) is 0 Å². The number of rotatable bonds is 1. The van der Waals surface area contributed by atoms with Gasteiger partial charge in [-0.25, -0.2) is 4.39 Å². The fraction of sp³-hybridized carbons (Fsp3) is 0.0833. The van der Waals surface area contributed by atoms with E-state index < -0.39 is 0 Å². The zero-order valence-electron chi connectivity index (χ0n) is 7.15. The van der Waals surface area contributed by atoms with Crippen molar-refractivity contribution in [3.05, 3.63) is 66.4 Å². The second kappa shape index (κ2) is 3.56. The average Bonchev–Trinajstić information content (AvgIpc) is 2.20. The van der Waals surface area contributed by atoms with Crippen LogP contribution in [0.25, 0.3) is 0 Å². The summed E-state index contributed by atoms with van der Waals surface area (Å²) in [6.45, 7) is 0. The average molecular weight is 173 g/mol. The van der Waals surface area contributed by atoms with Gasteiger partial charge < -0.3 is 0 Å². The van der Waals surface area contributed by atoms with Gasteiger partial charge >= 0.3 is 0 Å². The number of benzene rings is 1. The van der Waals surface area contributed by atoms with Crippen molar-refractivity contribution in [1.82, 2.24) is 0 Å². The van der Waals surface area contributed by atoms with Crippen LogP contribution in [0.15, 0.2) is 54.6 Å². The number of allylic oxidation sites excluding steroid dienone is 4. The number of halogens is 1. The fourth-order valence-corrected chi connectivity index (χ4v) is 1.45. The lowest BCUT2D eigenvalue weighted by atomic mass is 9.91. The molecule has 0 spiro atoms. The van der Waals surface area contributed by atoms with Crippen molar-refractivity contribution < 1.29 is 4.39 Å². The molecule has 0 aliphatic heterocycles. The van der Waals surface area contributed by atoms with Gasteiger partial charge in [0.1, 0.15) is 0 Å². The molecule has 1 radical (unpaired) electrons. The zero-order chi connectivity index (χ0) is 9.10. The highest BCUT2D eigenvalue weighted by Gasteiger charge is 2.20. The van der Waals surface area contributed by atoms with Crippen molar-refractivity contribution in [2.75, 3.05) is 0 Å². The first-order chi connectivity index (χ1) is 6.38. The van der Waals surface area contributed by atoms with Crippen molar-refractivity contribution in [3.63, 3.8) is 0 Å². The number of hydrogen-bond acceptors (Lipinski definition) is 0. The molecule has 1 aromatic carbocycles. The molecule has 0 nitrogen and oxygen atoms in total. The maximum absolute atomic E-state index is 13.3. The molecule has 0 saturated carbocycles. The highest BCUT2D eigenvalue weighted by molar-refractivity contribution is 5.36. The Labute approximate surface area is 77.4 Å². The van der Waals surface area contributed by atoms with Gasteiger partial charge in [-0.05, 0) is 11.6 Å². The minimum Gasteiger partial charge on any atom is -0.234 e. The van der Waals surface area contributed by atoms with E-state index in [1.807, 2.05) is 42.5 Å². The van der Waals surface area contributed by atoms with Crippen LogP contribution in [-0.4, -0.2) is 0 Å². The third kappa shape index (κ3) is 1.69. The molecule has 0 fully saturated rings. The Hall–Kier alpha value is -1.37. The maximum atomic E-state index is 13.3. The van der Waals surface area contributed by atoms with Gasteiger partial charge in [0.15, 0.2) is 6.17 Å². The second-order valence-electron chi connectivity index (χ2n) is 3.02. The zero-order valence-corrected chi connectivity index (χ0v) is 7.15. The first kappa shape index (κ1) is 8.24. The van der Waals surface area contributed by atoms with Crippen molar-refractivity contribution in [2.24, 2.45) is 0 Å². The van der Waals surface area contributed by atoms with Gasteiger partial charge in [-0.2, -0.15) is 0 Å². The van der Waals surface area contributed by atoms with Crippen LogP contribution in [0.3, 0.4) is 0 Å². The molecule has 0 bridgehead atoms. The molecule has 65 valence electrons. The van der Waals surface area contributed by atoms with Crippen molar-refractivity contribution in [3.8, 4) is 0 Å². The Morgan fingerprint density at radius 2 is 1.77 bits per heavy atom. The summed E-state index contributed by atoms with van der Waals surface area (Å²) in [5.74, 6) is -0.189. The van der Waals surface area contributed by atoms with E-state index in [4.69, 9.17) is 0 Å². The van der Waals surface area contributed by atoms with E-state index in [1.165, 1.54) is 6.08 Å². The Kier molecular flexibility index (Phi) is 2.26. The molecule has 0 heterocycles. The highest BCUT2D eigenvalue weighted by atomic mass is 19.1. The van der Waals surface area contributed by atoms with Crippen LogP contribution in [0, 0.1) is 6.17 Å². The summed E-state index contributed by atoms with van der Waals surface area (Å²) in [6.07, 6.45) is 6.88. The third-order valence-electron chi connectivity index (χ3n) is 2.13. The molecule has 1 atom stereocenters. The molecule has 0 aromatic heterocycles. The first-order valence-corrected chi connectivity index (χ1v) is 4.30. The Balaban J connectivity index is 2.27. The highest BCUT2D eigenvalue weighted by Crippen LogP contribution is 2.32. The first-order valence-electron chi connectivity index (χ1n) is 4.30. The lowest BCUT2D eigenvalue weighted by Gasteiger charge is -2.16. The lowest BCUT2D eigenvalue weighted by Crippen LogP contribution is -2.03. The Morgan fingerprint density at radius 1 is 1.00 bits per heavy atom. The predicted octanol–water partition coefficient (Wildman–Crippen LogP) is 3.40. The van der Waals surface area contributed by atoms with Crippen LogP contribution in [0.5, 0.6) is 0 Å². The van der Waals surface area contributed by atoms with Gasteiger partial charge in [-0.1, -0.05) is 48.6 Å². The Morgan fingerprint density at radius 3 is 2.46 bits per heavy atom. The maximum Gasteiger partial charge on any atom is 0.177 e. The SMILES string of the molecule is F[C]1C=CC=CC1c1ccccc1. The number of hydrogen-bond donors (Lipinski definition) is 0. The molecule has 1 heteroatoms. The van der Waals surface area contributed by atoms with E-state index in [-0.39, 0.29) is 12.1 Å². The molecule has 0 N–H and O–H groups in total. The fourth-order valence-electron chi connectivity index (χ4n) is 1.45. The van der Waals surface area contributed by atoms with Crippen LogP contribution in [0.2, 0.25) is 0 Å². The van der Waals surface area contributed by atoms with Crippen LogP contribution in [-0.2, 0) is 0 Å². The molecule has 0 amide bonds. The smallest absolute Gasteiger partial charge is 0.177 e. The summed E-state index contributed by atoms with van der Waals surface area (Å²) in [5, 5.41) is 0. The van der Waals surface area contributed by atoms with Gasteiger partial charge in [-0.3, -0.25) is 0 Å². The summed E-state index contributed by atoms with van der Waals surface area (Å²) in [5.41, 5.74) is 1.00. The van der Waals surface area contributed by atoms with E-state index in [0.717, 1.165) is 5.56 Å². The molecule has 2 rings (SSSR count). The summed E-state index contributed by atoms with van der Waals surface area (Å²) in [6, 6.07) is 9.66. The van der Waals surface area contributed by atoms with Crippen LogP contribution in [0.4, 0.5) is 4.39 Å². The Bertz CT molecular complexity index is 324. The van der Waals surface area contributed by atoms with E-state index in [1.54, 1.807) is 6.08 Å². The topological polar surface area (TPSA) is 0 Å². The largest absolute Gasteiger partial charge is 0.234 e.